The lowest BCUT2D eigenvalue weighted by Crippen LogP contribution is -2.24. The molecule has 1 heterocycles. The third-order valence-corrected chi connectivity index (χ3v) is 5.38. The summed E-state index contributed by atoms with van der Waals surface area (Å²) in [6.07, 6.45) is 0. The van der Waals surface area contributed by atoms with E-state index in [0.717, 1.165) is 11.8 Å². The van der Waals surface area contributed by atoms with Crippen LogP contribution in [-0.2, 0) is 9.59 Å². The Hall–Kier alpha value is -3.53. The van der Waals surface area contributed by atoms with Crippen LogP contribution in [0.2, 0.25) is 0 Å². The average Bonchev–Trinajstić information content (AvgIpc) is 2.76. The summed E-state index contributed by atoms with van der Waals surface area (Å²) in [5.41, 5.74) is 0.906. The molecule has 1 aromatic heterocycles. The molecule has 0 saturated heterocycles. The number of H-pyrrole nitrogens is 1. The molecule has 0 aliphatic carbocycles. The van der Waals surface area contributed by atoms with E-state index in [1.165, 1.54) is 24.3 Å². The Morgan fingerprint density at radius 2 is 1.66 bits per heavy atom. The Kier molecular flexibility index (Phi) is 7.37. The molecule has 0 radical (unpaired) electrons. The smallest absolute Gasteiger partial charge is 0.278 e. The van der Waals surface area contributed by atoms with Crippen molar-refractivity contribution in [3.05, 3.63) is 64.7 Å². The molecule has 0 fully saturated rings. The van der Waals surface area contributed by atoms with Gasteiger partial charge in [0.2, 0.25) is 11.8 Å². The van der Waals surface area contributed by atoms with Gasteiger partial charge in [0.25, 0.3) is 5.56 Å². The van der Waals surface area contributed by atoms with Crippen LogP contribution in [0.15, 0.2) is 58.5 Å². The number of nitrogens with zero attached hydrogens (tertiary/aromatic N) is 2. The van der Waals surface area contributed by atoms with E-state index in [4.69, 9.17) is 0 Å². The highest BCUT2D eigenvalue weighted by molar-refractivity contribution is 8.00. The zero-order chi connectivity index (χ0) is 23.3. The Morgan fingerprint density at radius 1 is 0.969 bits per heavy atom. The summed E-state index contributed by atoms with van der Waals surface area (Å²) in [5.74, 6) is -1.15. The fourth-order valence-electron chi connectivity index (χ4n) is 2.63. The van der Waals surface area contributed by atoms with Crippen LogP contribution in [0.1, 0.15) is 20.8 Å². The molecule has 3 rings (SSSR count). The van der Waals surface area contributed by atoms with Crippen molar-refractivity contribution in [3.8, 4) is 11.3 Å². The fourth-order valence-corrected chi connectivity index (χ4v) is 3.37. The van der Waals surface area contributed by atoms with Crippen LogP contribution in [-0.4, -0.2) is 32.2 Å². The molecule has 8 nitrogen and oxygen atoms in total. The van der Waals surface area contributed by atoms with Crippen LogP contribution in [0.5, 0.6) is 0 Å². The molecule has 0 unspecified atom stereocenters. The van der Waals surface area contributed by atoms with Gasteiger partial charge in [-0.15, -0.1) is 10.2 Å². The summed E-state index contributed by atoms with van der Waals surface area (Å²) in [5, 5.41) is 13.1. The van der Waals surface area contributed by atoms with Gasteiger partial charge >= 0.3 is 0 Å². The largest absolute Gasteiger partial charge is 0.325 e. The highest BCUT2D eigenvalue weighted by Crippen LogP contribution is 2.25. The van der Waals surface area contributed by atoms with Crippen molar-refractivity contribution < 1.29 is 14.0 Å². The summed E-state index contributed by atoms with van der Waals surface area (Å²) in [6, 6.07) is 12.2. The van der Waals surface area contributed by atoms with Crippen LogP contribution >= 0.6 is 11.8 Å². The summed E-state index contributed by atoms with van der Waals surface area (Å²) in [4.78, 5) is 39.7. The van der Waals surface area contributed by atoms with Gasteiger partial charge in [-0.1, -0.05) is 43.8 Å². The molecule has 0 aliphatic rings. The predicted molar refractivity (Wildman–Crippen MR) is 122 cm³/mol. The molecule has 166 valence electrons. The number of carbonyl (C=O) groups excluding carboxylic acids is 2. The highest BCUT2D eigenvalue weighted by Gasteiger charge is 2.19. The number of halogens is 1. The average molecular weight is 456 g/mol. The van der Waals surface area contributed by atoms with Crippen LogP contribution in [0.3, 0.4) is 0 Å². The van der Waals surface area contributed by atoms with Crippen molar-refractivity contribution in [1.29, 1.82) is 0 Å². The Balaban J connectivity index is 1.74. The molecule has 3 aromatic rings. The predicted octanol–water partition coefficient (Wildman–Crippen LogP) is 3.68. The second-order valence-corrected chi connectivity index (χ2v) is 8.58. The second-order valence-electron chi connectivity index (χ2n) is 7.25. The monoisotopic (exact) mass is 455 g/mol. The van der Waals surface area contributed by atoms with E-state index in [-0.39, 0.29) is 28.6 Å². The minimum atomic E-state index is -0.603. The molecule has 0 spiro atoms. The molecule has 2 aromatic carbocycles. The zero-order valence-electron chi connectivity index (χ0n) is 17.7. The number of hydrogen-bond donors (Lipinski definition) is 3. The maximum atomic E-state index is 13.0. The lowest BCUT2D eigenvalue weighted by atomic mass is 10.1. The van der Waals surface area contributed by atoms with Crippen molar-refractivity contribution in [3.63, 3.8) is 0 Å². The first-order chi connectivity index (χ1) is 15.2. The van der Waals surface area contributed by atoms with Gasteiger partial charge in [0.05, 0.1) is 10.9 Å². The van der Waals surface area contributed by atoms with E-state index in [2.05, 4.69) is 25.8 Å². The lowest BCUT2D eigenvalue weighted by molar-refractivity contribution is -0.119. The standard InChI is InChI=1S/C22H22FN5O3S/c1-12(2)19(29)25-17-7-5-4-6-16(17)18-21(31)26-22(28-27-18)32-13(3)20(30)24-15-10-8-14(23)9-11-15/h4-13H,1-3H3,(H,24,30)(H,25,29)(H,26,28,31)/t13-/m1/s1. The molecule has 2 amide bonds. The maximum absolute atomic E-state index is 13.0. The van der Waals surface area contributed by atoms with Gasteiger partial charge in [0.15, 0.2) is 10.9 Å². The van der Waals surface area contributed by atoms with Crippen molar-refractivity contribution in [2.45, 2.75) is 31.2 Å². The number of anilines is 2. The molecular weight excluding hydrogens is 433 g/mol. The maximum Gasteiger partial charge on any atom is 0.278 e. The van der Waals surface area contributed by atoms with Crippen molar-refractivity contribution in [2.75, 3.05) is 10.6 Å². The van der Waals surface area contributed by atoms with Crippen molar-refractivity contribution in [1.82, 2.24) is 15.2 Å². The van der Waals surface area contributed by atoms with Gasteiger partial charge in [-0.2, -0.15) is 0 Å². The summed E-state index contributed by atoms with van der Waals surface area (Å²) in [7, 11) is 0. The minimum Gasteiger partial charge on any atom is -0.325 e. The number of aromatic nitrogens is 3. The van der Waals surface area contributed by atoms with Gasteiger partial charge in [-0.05, 0) is 37.3 Å². The topological polar surface area (TPSA) is 117 Å². The van der Waals surface area contributed by atoms with Crippen molar-refractivity contribution in [2.24, 2.45) is 5.92 Å². The first-order valence-corrected chi connectivity index (χ1v) is 10.7. The lowest BCUT2D eigenvalue weighted by Gasteiger charge is -2.13. The number of aromatic amines is 1. The molecule has 3 N–H and O–H groups in total. The third kappa shape index (κ3) is 5.79. The minimum absolute atomic E-state index is 0.0532. The summed E-state index contributed by atoms with van der Waals surface area (Å²) >= 11 is 1.03. The van der Waals surface area contributed by atoms with Gasteiger partial charge in [-0.3, -0.25) is 19.4 Å². The van der Waals surface area contributed by atoms with Crippen LogP contribution in [0.25, 0.3) is 11.3 Å². The number of amides is 2. The summed E-state index contributed by atoms with van der Waals surface area (Å²) < 4.78 is 13.0. The molecular formula is C22H22FN5O3S. The van der Waals surface area contributed by atoms with Gasteiger partial charge < -0.3 is 10.6 Å². The van der Waals surface area contributed by atoms with Crippen molar-refractivity contribution >= 4 is 35.0 Å². The first-order valence-electron chi connectivity index (χ1n) is 9.85. The number of carbonyl (C=O) groups is 2. The number of para-hydroxylation sites is 1. The number of hydrogen-bond acceptors (Lipinski definition) is 6. The number of benzene rings is 2. The Morgan fingerprint density at radius 3 is 2.31 bits per heavy atom. The highest BCUT2D eigenvalue weighted by atomic mass is 32.2. The summed E-state index contributed by atoms with van der Waals surface area (Å²) in [6.45, 7) is 5.18. The SMILES string of the molecule is CC(C)C(=O)Nc1ccccc1-c1nnc(S[C@H](C)C(=O)Nc2ccc(F)cc2)[nH]c1=O. The van der Waals surface area contributed by atoms with Gasteiger partial charge in [0, 0.05) is 17.2 Å². The van der Waals surface area contributed by atoms with E-state index in [0.29, 0.717) is 16.9 Å². The van der Waals surface area contributed by atoms with E-state index in [9.17, 15) is 18.8 Å². The third-order valence-electron chi connectivity index (χ3n) is 4.41. The molecule has 0 bridgehead atoms. The molecule has 32 heavy (non-hydrogen) atoms. The van der Waals surface area contributed by atoms with E-state index in [1.807, 2.05) is 0 Å². The second kappa shape index (κ2) is 10.2. The quantitative estimate of drug-likeness (QED) is 0.468. The Labute approximate surface area is 188 Å². The number of rotatable bonds is 7. The molecule has 10 heteroatoms. The molecule has 1 atom stereocenters. The fraction of sp³-hybridized carbons (Fsp3) is 0.227. The van der Waals surface area contributed by atoms with E-state index >= 15 is 0 Å². The normalized spacial score (nSPS) is 11.8. The molecule has 0 saturated carbocycles. The van der Waals surface area contributed by atoms with E-state index < -0.39 is 16.6 Å². The number of nitrogens with one attached hydrogen (secondary N) is 3. The van der Waals surface area contributed by atoms with Crippen LogP contribution in [0.4, 0.5) is 15.8 Å². The zero-order valence-corrected chi connectivity index (χ0v) is 18.5. The van der Waals surface area contributed by atoms with Crippen LogP contribution in [0, 0.1) is 11.7 Å². The van der Waals surface area contributed by atoms with Gasteiger partial charge in [0.1, 0.15) is 5.82 Å². The number of thioether (sulfide) groups is 1. The first kappa shape index (κ1) is 23.1. The molecule has 0 aliphatic heterocycles. The van der Waals surface area contributed by atoms with E-state index in [1.54, 1.807) is 45.0 Å². The van der Waals surface area contributed by atoms with Crippen LogP contribution < -0.4 is 16.2 Å². The Bertz CT molecular complexity index is 1180. The van der Waals surface area contributed by atoms with Gasteiger partial charge in [-0.25, -0.2) is 4.39 Å².